The quantitative estimate of drug-likeness (QED) is 0.572. The van der Waals surface area contributed by atoms with Gasteiger partial charge in [0.15, 0.2) is 0 Å². The Bertz CT molecular complexity index is 943. The van der Waals surface area contributed by atoms with Gasteiger partial charge in [0.25, 0.3) is 0 Å². The van der Waals surface area contributed by atoms with Gasteiger partial charge in [0.1, 0.15) is 11.9 Å². The zero-order valence-electron chi connectivity index (χ0n) is 20.4. The van der Waals surface area contributed by atoms with Crippen LogP contribution in [0, 0.1) is 5.82 Å². The fraction of sp³-hybridized carbons (Fsp3) is 0.500. The van der Waals surface area contributed by atoms with Gasteiger partial charge in [0.05, 0.1) is 0 Å². The molecule has 0 aromatic heterocycles. The number of aryl methyl sites for hydroxylation is 1. The average Bonchev–Trinajstić information content (AvgIpc) is 3.29. The number of rotatable bonds is 8. The minimum atomic E-state index is -0.666. The van der Waals surface area contributed by atoms with E-state index in [9.17, 15) is 14.0 Å². The van der Waals surface area contributed by atoms with E-state index >= 15 is 0 Å². The van der Waals surface area contributed by atoms with Crippen LogP contribution in [0.1, 0.15) is 76.5 Å². The van der Waals surface area contributed by atoms with Crippen molar-refractivity contribution in [1.82, 2.24) is 10.2 Å². The fourth-order valence-corrected chi connectivity index (χ4v) is 4.35. The minimum Gasteiger partial charge on any atom is -0.352 e. The van der Waals surface area contributed by atoms with Gasteiger partial charge in [-0.3, -0.25) is 9.59 Å². The zero-order valence-corrected chi connectivity index (χ0v) is 20.4. The minimum absolute atomic E-state index is 0.0764. The van der Waals surface area contributed by atoms with Crippen LogP contribution in [0.4, 0.5) is 4.39 Å². The molecular formula is C28H37FN2O2. The molecule has 4 nitrogen and oxygen atoms in total. The Morgan fingerprint density at radius 2 is 1.70 bits per heavy atom. The Balaban J connectivity index is 1.70. The molecule has 0 bridgehead atoms. The molecule has 1 atom stereocenters. The maximum atomic E-state index is 14.4. The molecule has 1 N–H and O–H groups in total. The highest BCUT2D eigenvalue weighted by Crippen LogP contribution is 2.23. The molecule has 1 saturated carbocycles. The fourth-order valence-electron chi connectivity index (χ4n) is 4.35. The Kier molecular flexibility index (Phi) is 8.28. The second-order valence-electron chi connectivity index (χ2n) is 10.2. The molecule has 0 aliphatic heterocycles. The summed E-state index contributed by atoms with van der Waals surface area (Å²) in [5.74, 6) is -0.676. The molecular weight excluding hydrogens is 415 g/mol. The molecule has 1 aliphatic rings. The van der Waals surface area contributed by atoms with Crippen LogP contribution in [-0.4, -0.2) is 28.8 Å². The summed E-state index contributed by atoms with van der Waals surface area (Å²) in [6.45, 7) is 8.33. The number of nitrogens with one attached hydrogen (secondary N) is 1. The van der Waals surface area contributed by atoms with Crippen molar-refractivity contribution < 1.29 is 14.0 Å². The Morgan fingerprint density at radius 3 is 2.30 bits per heavy atom. The Morgan fingerprint density at radius 1 is 1.06 bits per heavy atom. The third kappa shape index (κ3) is 6.89. The van der Waals surface area contributed by atoms with Gasteiger partial charge in [0, 0.05) is 24.6 Å². The molecule has 2 aromatic carbocycles. The van der Waals surface area contributed by atoms with Crippen LogP contribution < -0.4 is 5.32 Å². The molecule has 0 saturated heterocycles. The monoisotopic (exact) mass is 452 g/mol. The molecule has 0 spiro atoms. The molecule has 5 heteroatoms. The topological polar surface area (TPSA) is 49.4 Å². The molecule has 33 heavy (non-hydrogen) atoms. The summed E-state index contributed by atoms with van der Waals surface area (Å²) in [6.07, 6.45) is 5.03. The van der Waals surface area contributed by atoms with E-state index in [0.29, 0.717) is 12.0 Å². The van der Waals surface area contributed by atoms with E-state index in [1.807, 2.05) is 0 Å². The van der Waals surface area contributed by atoms with Crippen molar-refractivity contribution >= 4 is 11.8 Å². The Hall–Kier alpha value is -2.69. The highest BCUT2D eigenvalue weighted by molar-refractivity contribution is 5.87. The molecule has 0 heterocycles. The summed E-state index contributed by atoms with van der Waals surface area (Å²) >= 11 is 0. The van der Waals surface area contributed by atoms with Gasteiger partial charge in [-0.1, -0.05) is 76.1 Å². The van der Waals surface area contributed by atoms with Crippen molar-refractivity contribution in [3.05, 3.63) is 71.0 Å². The maximum Gasteiger partial charge on any atom is 0.242 e. The number of nitrogens with zero attached hydrogens (tertiary/aromatic N) is 1. The molecule has 1 aliphatic carbocycles. The number of hydrogen-bond donors (Lipinski definition) is 1. The van der Waals surface area contributed by atoms with Crippen LogP contribution in [-0.2, 0) is 28.0 Å². The second kappa shape index (κ2) is 11.0. The lowest BCUT2D eigenvalue weighted by molar-refractivity contribution is -0.140. The van der Waals surface area contributed by atoms with E-state index in [2.05, 4.69) is 50.4 Å². The summed E-state index contributed by atoms with van der Waals surface area (Å²) in [6, 6.07) is 14.3. The highest BCUT2D eigenvalue weighted by Gasteiger charge is 2.28. The second-order valence-corrected chi connectivity index (χ2v) is 10.2. The van der Waals surface area contributed by atoms with E-state index in [1.165, 1.54) is 16.5 Å². The predicted molar refractivity (Wildman–Crippen MR) is 130 cm³/mol. The largest absolute Gasteiger partial charge is 0.352 e. The number of benzene rings is 2. The third-order valence-corrected chi connectivity index (χ3v) is 6.61. The summed E-state index contributed by atoms with van der Waals surface area (Å²) in [4.78, 5) is 27.7. The van der Waals surface area contributed by atoms with Crippen molar-refractivity contribution in [1.29, 1.82) is 0 Å². The van der Waals surface area contributed by atoms with Gasteiger partial charge < -0.3 is 10.2 Å². The number of halogens is 1. The number of amides is 2. The Labute approximate surface area is 197 Å². The van der Waals surface area contributed by atoms with E-state index in [0.717, 1.165) is 31.2 Å². The lowest BCUT2D eigenvalue weighted by Crippen LogP contribution is -2.49. The first-order valence-electron chi connectivity index (χ1n) is 12.1. The van der Waals surface area contributed by atoms with Crippen LogP contribution in [0.25, 0.3) is 0 Å². The molecule has 2 aromatic rings. The van der Waals surface area contributed by atoms with Crippen molar-refractivity contribution in [2.75, 3.05) is 0 Å². The van der Waals surface area contributed by atoms with Gasteiger partial charge in [-0.15, -0.1) is 0 Å². The van der Waals surface area contributed by atoms with Crippen molar-refractivity contribution in [2.45, 2.75) is 90.3 Å². The molecule has 1 fully saturated rings. The number of carbonyl (C=O) groups is 2. The first-order chi connectivity index (χ1) is 15.6. The smallest absolute Gasteiger partial charge is 0.242 e. The van der Waals surface area contributed by atoms with Crippen LogP contribution in [0.5, 0.6) is 0 Å². The number of carbonyl (C=O) groups excluding carboxylic acids is 2. The van der Waals surface area contributed by atoms with E-state index in [1.54, 1.807) is 25.1 Å². The average molecular weight is 453 g/mol. The molecule has 3 rings (SSSR count). The van der Waals surface area contributed by atoms with Gasteiger partial charge in [-0.25, -0.2) is 4.39 Å². The van der Waals surface area contributed by atoms with E-state index in [-0.39, 0.29) is 42.1 Å². The lowest BCUT2D eigenvalue weighted by Gasteiger charge is -2.30. The van der Waals surface area contributed by atoms with E-state index < -0.39 is 6.04 Å². The first kappa shape index (κ1) is 24.9. The molecule has 0 radical (unpaired) electrons. The predicted octanol–water partition coefficient (Wildman–Crippen LogP) is 5.53. The molecule has 1 unspecified atom stereocenters. The SMILES string of the molecule is CC(C(=O)NC1CCCC1)N(Cc1ccccc1F)C(=O)CCc1ccc(C(C)(C)C)cc1. The normalized spacial score (nSPS) is 15.3. The van der Waals surface area contributed by atoms with Gasteiger partial charge >= 0.3 is 0 Å². The van der Waals surface area contributed by atoms with Crippen molar-refractivity contribution in [3.8, 4) is 0 Å². The summed E-state index contributed by atoms with van der Waals surface area (Å²) in [5.41, 5.74) is 2.81. The third-order valence-electron chi connectivity index (χ3n) is 6.61. The van der Waals surface area contributed by atoms with Gasteiger partial charge in [-0.2, -0.15) is 0 Å². The standard InChI is InChI=1S/C28H37FN2O2/c1-20(27(33)30-24-10-6-7-11-24)31(19-22-9-5-8-12-25(22)29)26(32)18-15-21-13-16-23(17-14-21)28(2,3)4/h5,8-9,12-14,16-17,20,24H,6-7,10-11,15,18-19H2,1-4H3,(H,30,33). The molecule has 2 amide bonds. The van der Waals surface area contributed by atoms with Gasteiger partial charge in [0.2, 0.25) is 11.8 Å². The van der Waals surface area contributed by atoms with Crippen LogP contribution in [0.15, 0.2) is 48.5 Å². The summed E-state index contributed by atoms with van der Waals surface area (Å²) in [5, 5.41) is 3.08. The van der Waals surface area contributed by atoms with Crippen molar-refractivity contribution in [3.63, 3.8) is 0 Å². The number of hydrogen-bond acceptors (Lipinski definition) is 2. The van der Waals surface area contributed by atoms with Gasteiger partial charge in [-0.05, 0) is 48.8 Å². The first-order valence-corrected chi connectivity index (χ1v) is 12.1. The van der Waals surface area contributed by atoms with Crippen LogP contribution in [0.3, 0.4) is 0 Å². The summed E-state index contributed by atoms with van der Waals surface area (Å²) in [7, 11) is 0. The summed E-state index contributed by atoms with van der Waals surface area (Å²) < 4.78 is 14.4. The van der Waals surface area contributed by atoms with Crippen LogP contribution in [0.2, 0.25) is 0 Å². The van der Waals surface area contributed by atoms with E-state index in [4.69, 9.17) is 0 Å². The maximum absolute atomic E-state index is 14.4. The van der Waals surface area contributed by atoms with Crippen molar-refractivity contribution in [2.24, 2.45) is 0 Å². The zero-order chi connectivity index (χ0) is 24.0. The highest BCUT2D eigenvalue weighted by atomic mass is 19.1. The molecule has 178 valence electrons. The van der Waals surface area contributed by atoms with Crippen LogP contribution >= 0.6 is 0 Å². The lowest BCUT2D eigenvalue weighted by atomic mass is 9.86.